The van der Waals surface area contributed by atoms with Gasteiger partial charge in [-0.1, -0.05) is 0 Å². The van der Waals surface area contributed by atoms with E-state index in [-0.39, 0.29) is 17.5 Å². The molecule has 2 aromatic rings. The molecule has 1 aromatic carbocycles. The van der Waals surface area contributed by atoms with Crippen LogP contribution >= 0.6 is 0 Å². The van der Waals surface area contributed by atoms with Crippen molar-refractivity contribution in [2.24, 2.45) is 0 Å². The van der Waals surface area contributed by atoms with E-state index in [9.17, 15) is 9.18 Å². The molecule has 1 aromatic heterocycles. The Kier molecular flexibility index (Phi) is 4.79. The van der Waals surface area contributed by atoms with Crippen molar-refractivity contribution in [1.82, 2.24) is 14.7 Å². The van der Waals surface area contributed by atoms with E-state index in [1.807, 2.05) is 27.0 Å². The van der Waals surface area contributed by atoms with Crippen LogP contribution in [0, 0.1) is 12.4 Å². The molecule has 3 rings (SSSR count). The molecule has 0 aliphatic carbocycles. The van der Waals surface area contributed by atoms with Gasteiger partial charge in [-0.25, -0.2) is 14.0 Å². The highest BCUT2D eigenvalue weighted by Crippen LogP contribution is 2.32. The molecular weight excluding hydrogens is 351 g/mol. The highest BCUT2D eigenvalue weighted by Gasteiger charge is 2.30. The van der Waals surface area contributed by atoms with E-state index in [0.717, 1.165) is 11.3 Å². The number of carbonyl (C=O) groups is 1. The summed E-state index contributed by atoms with van der Waals surface area (Å²) in [5, 5.41) is 4.49. The van der Waals surface area contributed by atoms with Gasteiger partial charge in [0.1, 0.15) is 17.2 Å². The van der Waals surface area contributed by atoms with E-state index in [1.165, 1.54) is 13.2 Å². The summed E-state index contributed by atoms with van der Waals surface area (Å²) < 4.78 is 26.2. The first-order chi connectivity index (χ1) is 12.7. The van der Waals surface area contributed by atoms with Crippen LogP contribution in [0.2, 0.25) is 0 Å². The minimum absolute atomic E-state index is 0.128. The van der Waals surface area contributed by atoms with Crippen LogP contribution in [-0.4, -0.2) is 33.5 Å². The predicted octanol–water partition coefficient (Wildman–Crippen LogP) is 3.88. The molecule has 0 saturated heterocycles. The third kappa shape index (κ3) is 4.03. The lowest BCUT2D eigenvalue weighted by Crippen LogP contribution is -2.33. The predicted molar refractivity (Wildman–Crippen MR) is 96.0 cm³/mol. The van der Waals surface area contributed by atoms with Gasteiger partial charge in [-0.05, 0) is 38.5 Å². The molecule has 0 radical (unpaired) electrons. The zero-order valence-electron chi connectivity index (χ0n) is 15.7. The summed E-state index contributed by atoms with van der Waals surface area (Å²) in [5.74, 6) is -0.411. The van der Waals surface area contributed by atoms with E-state index in [4.69, 9.17) is 16.0 Å². The van der Waals surface area contributed by atoms with Crippen molar-refractivity contribution >= 4 is 11.8 Å². The van der Waals surface area contributed by atoms with Gasteiger partial charge in [0, 0.05) is 11.8 Å². The summed E-state index contributed by atoms with van der Waals surface area (Å²) in [6.45, 7) is 13.7. The number of ether oxygens (including phenoxy) is 2. The molecule has 0 saturated carbocycles. The third-order valence-corrected chi connectivity index (χ3v) is 4.04. The molecule has 0 N–H and O–H groups in total. The fourth-order valence-corrected chi connectivity index (χ4v) is 2.92. The quantitative estimate of drug-likeness (QED) is 0.767. The number of benzene rings is 1. The van der Waals surface area contributed by atoms with Crippen molar-refractivity contribution < 1.29 is 18.7 Å². The number of halogens is 1. The van der Waals surface area contributed by atoms with E-state index < -0.39 is 11.4 Å². The third-order valence-electron chi connectivity index (χ3n) is 4.04. The Morgan fingerprint density at radius 3 is 2.70 bits per heavy atom. The molecule has 1 amide bonds. The van der Waals surface area contributed by atoms with Crippen LogP contribution in [0.15, 0.2) is 18.3 Å². The standard InChI is InChI=1S/C19H21FN4O3/c1-19(2,3)27-18(25)23-9-13-10-24(22-15(13)11-23)8-12-6-14(20)17(21-4)16(7-12)26-5/h6-7,10H,8-9,11H2,1-3,5H3. The molecule has 1 aliphatic rings. The summed E-state index contributed by atoms with van der Waals surface area (Å²) >= 11 is 0. The second-order valence-corrected chi connectivity index (χ2v) is 7.38. The zero-order chi connectivity index (χ0) is 19.8. The molecule has 7 nitrogen and oxygen atoms in total. The fourth-order valence-electron chi connectivity index (χ4n) is 2.92. The summed E-state index contributed by atoms with van der Waals surface area (Å²) in [7, 11) is 1.40. The second kappa shape index (κ2) is 6.91. The largest absolute Gasteiger partial charge is 0.508 e. The van der Waals surface area contributed by atoms with Gasteiger partial charge in [-0.3, -0.25) is 9.58 Å². The Morgan fingerprint density at radius 1 is 1.37 bits per heavy atom. The van der Waals surface area contributed by atoms with Crippen molar-refractivity contribution in [2.45, 2.75) is 46.0 Å². The van der Waals surface area contributed by atoms with Crippen LogP contribution in [-0.2, 0) is 24.4 Å². The molecule has 27 heavy (non-hydrogen) atoms. The van der Waals surface area contributed by atoms with Gasteiger partial charge in [0.05, 0.1) is 39.0 Å². The number of methoxy groups -OCH3 is 1. The molecule has 0 atom stereocenters. The molecule has 0 unspecified atom stereocenters. The number of nitrogens with zero attached hydrogens (tertiary/aromatic N) is 4. The number of hydrogen-bond acceptors (Lipinski definition) is 4. The topological polar surface area (TPSA) is 61.0 Å². The van der Waals surface area contributed by atoms with E-state index >= 15 is 0 Å². The van der Waals surface area contributed by atoms with Crippen molar-refractivity contribution in [1.29, 1.82) is 0 Å². The maximum absolute atomic E-state index is 14.1. The molecular formula is C19H21FN4O3. The molecule has 0 spiro atoms. The van der Waals surface area contributed by atoms with Gasteiger partial charge in [-0.2, -0.15) is 5.10 Å². The molecule has 142 valence electrons. The smallest absolute Gasteiger partial charge is 0.410 e. The monoisotopic (exact) mass is 372 g/mol. The van der Waals surface area contributed by atoms with Gasteiger partial charge < -0.3 is 9.47 Å². The lowest BCUT2D eigenvalue weighted by molar-refractivity contribution is 0.0239. The van der Waals surface area contributed by atoms with Crippen LogP contribution in [0.25, 0.3) is 4.85 Å². The Hall–Kier alpha value is -3.08. The number of aromatic nitrogens is 2. The highest BCUT2D eigenvalue weighted by molar-refractivity contribution is 5.69. The number of carbonyl (C=O) groups excluding carboxylic acids is 1. The minimum atomic E-state index is -0.616. The SMILES string of the molecule is [C-]#[N+]c1c(F)cc(Cn2cc3c(n2)CN(C(=O)OC(C)(C)C)C3)cc1OC. The molecule has 8 heteroatoms. The lowest BCUT2D eigenvalue weighted by atomic mass is 10.2. The van der Waals surface area contributed by atoms with Crippen LogP contribution in [0.5, 0.6) is 5.75 Å². The second-order valence-electron chi connectivity index (χ2n) is 7.38. The maximum atomic E-state index is 14.1. The number of fused-ring (bicyclic) bond motifs is 1. The van der Waals surface area contributed by atoms with E-state index in [1.54, 1.807) is 15.6 Å². The Balaban J connectivity index is 1.72. The summed E-state index contributed by atoms with van der Waals surface area (Å²) in [4.78, 5) is 16.9. The number of rotatable bonds is 3. The number of amides is 1. The average molecular weight is 372 g/mol. The summed E-state index contributed by atoms with van der Waals surface area (Å²) in [5.41, 5.74) is 1.70. The van der Waals surface area contributed by atoms with Crippen molar-refractivity contribution in [3.63, 3.8) is 0 Å². The van der Waals surface area contributed by atoms with Gasteiger partial charge in [0.15, 0.2) is 0 Å². The van der Waals surface area contributed by atoms with Crippen LogP contribution in [0.1, 0.15) is 37.6 Å². The maximum Gasteiger partial charge on any atom is 0.410 e. The van der Waals surface area contributed by atoms with Crippen LogP contribution < -0.4 is 4.74 Å². The van der Waals surface area contributed by atoms with Gasteiger partial charge in [0.2, 0.25) is 0 Å². The van der Waals surface area contributed by atoms with Crippen molar-refractivity contribution in [2.75, 3.05) is 7.11 Å². The fraction of sp³-hybridized carbons (Fsp3) is 0.421. The first-order valence-electron chi connectivity index (χ1n) is 8.47. The zero-order valence-corrected chi connectivity index (χ0v) is 15.7. The Morgan fingerprint density at radius 2 is 2.11 bits per heavy atom. The van der Waals surface area contributed by atoms with Crippen LogP contribution in [0.3, 0.4) is 0 Å². The first-order valence-corrected chi connectivity index (χ1v) is 8.47. The van der Waals surface area contributed by atoms with E-state index in [2.05, 4.69) is 9.94 Å². The average Bonchev–Trinajstić information content (AvgIpc) is 3.11. The molecule has 2 heterocycles. The minimum Gasteiger partial charge on any atom is -0.508 e. The Labute approximate surface area is 157 Å². The van der Waals surface area contributed by atoms with Crippen LogP contribution in [0.4, 0.5) is 14.9 Å². The molecule has 0 bridgehead atoms. The van der Waals surface area contributed by atoms with Crippen molar-refractivity contribution in [3.05, 3.63) is 52.4 Å². The van der Waals surface area contributed by atoms with Gasteiger partial charge in [0.25, 0.3) is 5.69 Å². The normalized spacial score (nSPS) is 13.3. The number of hydrogen-bond donors (Lipinski definition) is 0. The van der Waals surface area contributed by atoms with E-state index in [0.29, 0.717) is 25.2 Å². The van der Waals surface area contributed by atoms with Gasteiger partial charge in [-0.15, -0.1) is 0 Å². The summed E-state index contributed by atoms with van der Waals surface area (Å²) in [6, 6.07) is 2.95. The molecule has 1 aliphatic heterocycles. The first kappa shape index (κ1) is 18.7. The summed E-state index contributed by atoms with van der Waals surface area (Å²) in [6.07, 6.45) is 1.47. The van der Waals surface area contributed by atoms with Crippen molar-refractivity contribution in [3.8, 4) is 5.75 Å². The molecule has 0 fully saturated rings. The Bertz CT molecular complexity index is 901. The highest BCUT2D eigenvalue weighted by atomic mass is 19.1. The van der Waals surface area contributed by atoms with Gasteiger partial charge >= 0.3 is 6.09 Å². The lowest BCUT2D eigenvalue weighted by Gasteiger charge is -2.24.